The lowest BCUT2D eigenvalue weighted by atomic mass is 10.1. The number of aromatic nitrogens is 2. The van der Waals surface area contributed by atoms with Crippen molar-refractivity contribution < 1.29 is 22.3 Å². The van der Waals surface area contributed by atoms with Crippen LogP contribution >= 0.6 is 0 Å². The van der Waals surface area contributed by atoms with Crippen LogP contribution in [0.1, 0.15) is 22.5 Å². The molecule has 1 unspecified atom stereocenters. The van der Waals surface area contributed by atoms with Crippen LogP contribution in [0.4, 0.5) is 4.39 Å². The lowest BCUT2D eigenvalue weighted by molar-refractivity contribution is 0.0674. The van der Waals surface area contributed by atoms with Crippen LogP contribution in [0.2, 0.25) is 0 Å². The molecule has 1 amide bonds. The molecule has 1 atom stereocenters. The monoisotopic (exact) mass is 443 g/mol. The van der Waals surface area contributed by atoms with Gasteiger partial charge in [0, 0.05) is 18.8 Å². The van der Waals surface area contributed by atoms with Crippen molar-refractivity contribution in [3.8, 4) is 11.4 Å². The Balaban J connectivity index is 1.63. The molecule has 7 nitrogen and oxygen atoms in total. The lowest BCUT2D eigenvalue weighted by Gasteiger charge is -2.27. The number of amides is 1. The van der Waals surface area contributed by atoms with Crippen molar-refractivity contribution in [2.24, 2.45) is 0 Å². The minimum atomic E-state index is -3.19. The van der Waals surface area contributed by atoms with Gasteiger partial charge in [0.05, 0.1) is 18.6 Å². The van der Waals surface area contributed by atoms with Crippen molar-refractivity contribution in [1.82, 2.24) is 14.7 Å². The number of nitrogens with zero attached hydrogens (tertiary/aromatic N) is 3. The zero-order valence-electron chi connectivity index (χ0n) is 16.9. The zero-order chi connectivity index (χ0) is 22.0. The highest BCUT2D eigenvalue weighted by Crippen LogP contribution is 2.23. The van der Waals surface area contributed by atoms with Crippen LogP contribution in [0, 0.1) is 5.82 Å². The van der Waals surface area contributed by atoms with Crippen LogP contribution < -0.4 is 4.74 Å². The highest BCUT2D eigenvalue weighted by Gasteiger charge is 2.35. The van der Waals surface area contributed by atoms with E-state index < -0.39 is 27.6 Å². The molecule has 3 aromatic rings. The van der Waals surface area contributed by atoms with Gasteiger partial charge in [-0.25, -0.2) is 17.5 Å². The normalized spacial score (nSPS) is 17.4. The van der Waals surface area contributed by atoms with Crippen LogP contribution in [0.15, 0.2) is 60.8 Å². The van der Waals surface area contributed by atoms with Gasteiger partial charge in [-0.3, -0.25) is 4.79 Å². The number of hydrogen-bond donors (Lipinski definition) is 0. The molecule has 0 bridgehead atoms. The molecule has 0 radical (unpaired) electrons. The molecule has 2 heterocycles. The molecule has 1 aromatic heterocycles. The smallest absolute Gasteiger partial charge is 0.274 e. The minimum Gasteiger partial charge on any atom is -0.497 e. The molecule has 9 heteroatoms. The summed E-state index contributed by atoms with van der Waals surface area (Å²) in [6.07, 6.45) is 1.89. The topological polar surface area (TPSA) is 81.5 Å². The van der Waals surface area contributed by atoms with Gasteiger partial charge in [0.15, 0.2) is 15.5 Å². The summed E-state index contributed by atoms with van der Waals surface area (Å²) in [4.78, 5) is 14.9. The summed E-state index contributed by atoms with van der Waals surface area (Å²) in [6, 6.07) is 14.4. The zero-order valence-corrected chi connectivity index (χ0v) is 17.8. The van der Waals surface area contributed by atoms with Crippen molar-refractivity contribution in [2.75, 3.05) is 18.6 Å². The van der Waals surface area contributed by atoms with Crippen molar-refractivity contribution in [2.45, 2.75) is 19.0 Å². The van der Waals surface area contributed by atoms with Crippen LogP contribution in [0.25, 0.3) is 5.69 Å². The molecule has 31 heavy (non-hydrogen) atoms. The third-order valence-corrected chi connectivity index (χ3v) is 7.08. The van der Waals surface area contributed by atoms with Crippen molar-refractivity contribution in [3.63, 3.8) is 0 Å². The average Bonchev–Trinajstić information content (AvgIpc) is 3.39. The number of methoxy groups -OCH3 is 1. The number of hydrogen-bond acceptors (Lipinski definition) is 5. The average molecular weight is 444 g/mol. The molecule has 162 valence electrons. The van der Waals surface area contributed by atoms with Gasteiger partial charge < -0.3 is 9.64 Å². The first kappa shape index (κ1) is 21.0. The van der Waals surface area contributed by atoms with Gasteiger partial charge in [0.1, 0.15) is 17.3 Å². The fourth-order valence-corrected chi connectivity index (χ4v) is 5.40. The Labute approximate surface area is 180 Å². The van der Waals surface area contributed by atoms with E-state index in [-0.39, 0.29) is 29.4 Å². The molecule has 1 aliphatic heterocycles. The Kier molecular flexibility index (Phi) is 5.77. The maximum Gasteiger partial charge on any atom is 0.274 e. The van der Waals surface area contributed by atoms with Gasteiger partial charge in [0.2, 0.25) is 0 Å². The highest BCUT2D eigenvalue weighted by atomic mass is 32.2. The molecular weight excluding hydrogens is 421 g/mol. The second-order valence-electron chi connectivity index (χ2n) is 7.43. The predicted molar refractivity (Wildman–Crippen MR) is 113 cm³/mol. The van der Waals surface area contributed by atoms with E-state index in [9.17, 15) is 17.6 Å². The Hall–Kier alpha value is -3.20. The number of halogens is 1. The molecule has 0 spiro atoms. The molecule has 4 rings (SSSR count). The van der Waals surface area contributed by atoms with E-state index >= 15 is 0 Å². The van der Waals surface area contributed by atoms with E-state index in [2.05, 4.69) is 5.10 Å². The van der Waals surface area contributed by atoms with E-state index in [1.165, 1.54) is 23.0 Å². The van der Waals surface area contributed by atoms with Gasteiger partial charge in [0.25, 0.3) is 5.91 Å². The van der Waals surface area contributed by atoms with Crippen molar-refractivity contribution in [1.29, 1.82) is 0 Å². The van der Waals surface area contributed by atoms with Gasteiger partial charge >= 0.3 is 0 Å². The number of ether oxygens (including phenoxy) is 1. The van der Waals surface area contributed by atoms with E-state index in [1.54, 1.807) is 42.3 Å². The third-order valence-electron chi connectivity index (χ3n) is 5.33. The summed E-state index contributed by atoms with van der Waals surface area (Å²) >= 11 is 0. The van der Waals surface area contributed by atoms with Crippen LogP contribution in [0.3, 0.4) is 0 Å². The number of carbonyl (C=O) groups is 1. The SMILES string of the molecule is COc1ccc(CN(C(=O)c2ccn(-c3ccccc3F)n2)C2CCS(=O)(=O)C2)cc1. The number of carbonyl (C=O) groups excluding carboxylic acids is 1. The maximum absolute atomic E-state index is 14.1. The summed E-state index contributed by atoms with van der Waals surface area (Å²) in [5.74, 6) is -0.195. The van der Waals surface area contributed by atoms with Crippen molar-refractivity contribution >= 4 is 15.7 Å². The molecular formula is C22H22FN3O4S. The Morgan fingerprint density at radius 1 is 1.19 bits per heavy atom. The van der Waals surface area contributed by atoms with Crippen molar-refractivity contribution in [3.05, 3.63) is 77.9 Å². The van der Waals surface area contributed by atoms with E-state index in [4.69, 9.17) is 4.74 Å². The van der Waals surface area contributed by atoms with E-state index in [1.807, 2.05) is 12.1 Å². The first-order valence-electron chi connectivity index (χ1n) is 9.81. The Bertz CT molecular complexity index is 1190. The molecule has 2 aromatic carbocycles. The standard InChI is InChI=1S/C22H22FN3O4S/c1-30-18-8-6-16(7-9-18)14-25(17-11-13-31(28,29)15-17)22(27)20-10-12-26(24-20)21-5-3-2-4-19(21)23/h2-10,12,17H,11,13-15H2,1H3. The Morgan fingerprint density at radius 3 is 2.58 bits per heavy atom. The number of rotatable bonds is 6. The quantitative estimate of drug-likeness (QED) is 0.585. The van der Waals surface area contributed by atoms with Crippen LogP contribution in [-0.4, -0.2) is 53.7 Å². The number of benzene rings is 2. The maximum atomic E-state index is 14.1. The van der Waals surface area contributed by atoms with Gasteiger partial charge in [-0.1, -0.05) is 24.3 Å². The number of para-hydroxylation sites is 1. The molecule has 0 N–H and O–H groups in total. The summed E-state index contributed by atoms with van der Waals surface area (Å²) in [6.45, 7) is 0.232. The van der Waals surface area contributed by atoms with Crippen LogP contribution in [0.5, 0.6) is 5.75 Å². The largest absolute Gasteiger partial charge is 0.497 e. The predicted octanol–water partition coefficient (Wildman–Crippen LogP) is 2.85. The first-order chi connectivity index (χ1) is 14.9. The molecule has 0 aliphatic carbocycles. The van der Waals surface area contributed by atoms with E-state index in [0.29, 0.717) is 12.2 Å². The van der Waals surface area contributed by atoms with Gasteiger partial charge in [-0.15, -0.1) is 0 Å². The second-order valence-corrected chi connectivity index (χ2v) is 9.66. The second kappa shape index (κ2) is 8.50. The fourth-order valence-electron chi connectivity index (χ4n) is 3.67. The van der Waals surface area contributed by atoms with E-state index in [0.717, 1.165) is 5.56 Å². The molecule has 1 saturated heterocycles. The molecule has 1 fully saturated rings. The van der Waals surface area contributed by atoms with Crippen LogP contribution in [-0.2, 0) is 16.4 Å². The first-order valence-corrected chi connectivity index (χ1v) is 11.6. The summed E-state index contributed by atoms with van der Waals surface area (Å²) in [5.41, 5.74) is 1.19. The Morgan fingerprint density at radius 2 is 1.94 bits per heavy atom. The summed E-state index contributed by atoms with van der Waals surface area (Å²) in [7, 11) is -1.62. The highest BCUT2D eigenvalue weighted by molar-refractivity contribution is 7.91. The van der Waals surface area contributed by atoms with Gasteiger partial charge in [-0.05, 0) is 42.3 Å². The number of sulfone groups is 1. The third kappa shape index (κ3) is 4.61. The summed E-state index contributed by atoms with van der Waals surface area (Å²) < 4.78 is 44.7. The lowest BCUT2D eigenvalue weighted by Crippen LogP contribution is -2.40. The summed E-state index contributed by atoms with van der Waals surface area (Å²) in [5, 5.41) is 4.25. The minimum absolute atomic E-state index is 0.0493. The molecule has 1 aliphatic rings. The molecule has 0 saturated carbocycles. The van der Waals surface area contributed by atoms with Gasteiger partial charge in [-0.2, -0.15) is 5.10 Å². The fraction of sp³-hybridized carbons (Fsp3) is 0.273.